The van der Waals surface area contributed by atoms with Crippen LogP contribution in [0.5, 0.6) is 0 Å². The molecule has 1 aromatic carbocycles. The van der Waals surface area contributed by atoms with E-state index in [2.05, 4.69) is 6.58 Å². The van der Waals surface area contributed by atoms with Gasteiger partial charge in [-0.25, -0.2) is 4.39 Å². The maximum atomic E-state index is 13.4. The lowest BCUT2D eigenvalue weighted by Gasteiger charge is -2.13. The topological polar surface area (TPSA) is 26.0 Å². The van der Waals surface area contributed by atoms with Crippen LogP contribution in [0.2, 0.25) is 0 Å². The Morgan fingerprint density at radius 3 is 2.79 bits per heavy atom. The number of hydrogen-bond acceptors (Lipinski definition) is 1. The Labute approximate surface area is 84.4 Å². The van der Waals surface area contributed by atoms with Crippen LogP contribution in [0.1, 0.15) is 31.7 Å². The number of allylic oxidation sites excluding steroid dienone is 1. The van der Waals surface area contributed by atoms with Crippen LogP contribution in [0, 0.1) is 5.82 Å². The Morgan fingerprint density at radius 2 is 2.21 bits per heavy atom. The molecule has 1 rings (SSSR count). The number of anilines is 1. The monoisotopic (exact) mass is 193 g/mol. The fourth-order valence-corrected chi connectivity index (χ4v) is 1.57. The molecule has 2 N–H and O–H groups in total. The fraction of sp³-hybridized carbons (Fsp3) is 0.333. The largest absolute Gasteiger partial charge is 0.399 e. The summed E-state index contributed by atoms with van der Waals surface area (Å²) in [6.45, 7) is 7.74. The van der Waals surface area contributed by atoms with E-state index in [4.69, 9.17) is 5.73 Å². The Hall–Kier alpha value is -1.31. The summed E-state index contributed by atoms with van der Waals surface area (Å²) in [5, 5.41) is 0. The lowest BCUT2D eigenvalue weighted by Crippen LogP contribution is -1.99. The van der Waals surface area contributed by atoms with Crippen molar-refractivity contribution in [3.63, 3.8) is 0 Å². The quantitative estimate of drug-likeness (QED) is 0.577. The second-order valence-electron chi connectivity index (χ2n) is 3.84. The maximum Gasteiger partial charge on any atom is 0.126 e. The smallest absolute Gasteiger partial charge is 0.126 e. The number of benzene rings is 1. The van der Waals surface area contributed by atoms with Crippen molar-refractivity contribution in [3.8, 4) is 0 Å². The van der Waals surface area contributed by atoms with Gasteiger partial charge in [0.15, 0.2) is 0 Å². The number of halogens is 1. The molecule has 1 atom stereocenters. The molecule has 14 heavy (non-hydrogen) atoms. The molecule has 0 spiro atoms. The summed E-state index contributed by atoms with van der Waals surface area (Å²) in [6, 6.07) is 4.69. The zero-order valence-electron chi connectivity index (χ0n) is 8.68. The van der Waals surface area contributed by atoms with Gasteiger partial charge in [0.2, 0.25) is 0 Å². The minimum Gasteiger partial charge on any atom is -0.399 e. The average Bonchev–Trinajstić information content (AvgIpc) is 2.08. The summed E-state index contributed by atoms with van der Waals surface area (Å²) in [4.78, 5) is 0. The van der Waals surface area contributed by atoms with Gasteiger partial charge in [-0.1, -0.05) is 12.5 Å². The van der Waals surface area contributed by atoms with E-state index in [1.54, 1.807) is 12.1 Å². The van der Waals surface area contributed by atoms with Gasteiger partial charge in [0.1, 0.15) is 5.82 Å². The van der Waals surface area contributed by atoms with E-state index in [1.807, 2.05) is 13.8 Å². The molecule has 0 fully saturated rings. The van der Waals surface area contributed by atoms with Crippen LogP contribution >= 0.6 is 0 Å². The summed E-state index contributed by atoms with van der Waals surface area (Å²) in [6.07, 6.45) is 0.792. The zero-order valence-corrected chi connectivity index (χ0v) is 8.68. The van der Waals surface area contributed by atoms with E-state index >= 15 is 0 Å². The van der Waals surface area contributed by atoms with Gasteiger partial charge in [-0.2, -0.15) is 0 Å². The first-order valence-electron chi connectivity index (χ1n) is 4.70. The van der Waals surface area contributed by atoms with Crippen molar-refractivity contribution >= 4 is 5.69 Å². The molecule has 2 heteroatoms. The van der Waals surface area contributed by atoms with E-state index in [1.165, 1.54) is 6.07 Å². The van der Waals surface area contributed by atoms with E-state index in [9.17, 15) is 4.39 Å². The predicted octanol–water partition coefficient (Wildman–Crippen LogP) is 3.48. The molecule has 0 aliphatic carbocycles. The Morgan fingerprint density at radius 1 is 1.57 bits per heavy atom. The van der Waals surface area contributed by atoms with Crippen molar-refractivity contribution in [2.45, 2.75) is 26.2 Å². The first-order valence-corrected chi connectivity index (χ1v) is 4.70. The third-order valence-corrected chi connectivity index (χ3v) is 2.21. The molecule has 76 valence electrons. The molecule has 0 aliphatic rings. The average molecular weight is 193 g/mol. The highest BCUT2D eigenvalue weighted by molar-refractivity contribution is 5.42. The van der Waals surface area contributed by atoms with Gasteiger partial charge >= 0.3 is 0 Å². The summed E-state index contributed by atoms with van der Waals surface area (Å²) in [5.41, 5.74) is 7.94. The van der Waals surface area contributed by atoms with Crippen LogP contribution in [0.25, 0.3) is 0 Å². The molecule has 0 saturated carbocycles. The summed E-state index contributed by atoms with van der Waals surface area (Å²) in [7, 11) is 0. The van der Waals surface area contributed by atoms with Crippen LogP contribution in [-0.2, 0) is 0 Å². The molecule has 0 aromatic heterocycles. The van der Waals surface area contributed by atoms with Gasteiger partial charge in [-0.05, 0) is 43.0 Å². The number of rotatable bonds is 3. The highest BCUT2D eigenvalue weighted by Gasteiger charge is 2.11. The molecular formula is C12H16FN. The Balaban J connectivity index is 2.93. The molecule has 0 unspecified atom stereocenters. The number of hydrogen-bond donors (Lipinski definition) is 1. The third kappa shape index (κ3) is 2.59. The molecule has 0 radical (unpaired) electrons. The third-order valence-electron chi connectivity index (χ3n) is 2.21. The van der Waals surface area contributed by atoms with Gasteiger partial charge in [-0.3, -0.25) is 0 Å². The van der Waals surface area contributed by atoms with E-state index < -0.39 is 0 Å². The van der Waals surface area contributed by atoms with Crippen molar-refractivity contribution in [2.75, 3.05) is 5.73 Å². The van der Waals surface area contributed by atoms with Crippen LogP contribution < -0.4 is 5.73 Å². The molecule has 0 bridgehead atoms. The molecule has 0 heterocycles. The molecule has 0 aliphatic heterocycles. The van der Waals surface area contributed by atoms with Gasteiger partial charge in [-0.15, -0.1) is 6.58 Å². The Kier molecular flexibility index (Phi) is 3.28. The first kappa shape index (κ1) is 10.8. The van der Waals surface area contributed by atoms with Crippen molar-refractivity contribution in [2.24, 2.45) is 0 Å². The van der Waals surface area contributed by atoms with Gasteiger partial charge in [0, 0.05) is 5.69 Å². The van der Waals surface area contributed by atoms with Gasteiger partial charge in [0.05, 0.1) is 0 Å². The maximum absolute atomic E-state index is 13.4. The van der Waals surface area contributed by atoms with E-state index in [0.29, 0.717) is 11.3 Å². The van der Waals surface area contributed by atoms with E-state index in [-0.39, 0.29) is 11.7 Å². The van der Waals surface area contributed by atoms with Gasteiger partial charge in [0.25, 0.3) is 0 Å². The number of nitrogen functional groups attached to an aromatic ring is 1. The minimum absolute atomic E-state index is 0.135. The van der Waals surface area contributed by atoms with Crippen molar-refractivity contribution in [1.29, 1.82) is 0 Å². The molecule has 0 amide bonds. The summed E-state index contributed by atoms with van der Waals surface area (Å²) < 4.78 is 13.4. The van der Waals surface area contributed by atoms with Crippen molar-refractivity contribution in [3.05, 3.63) is 41.7 Å². The highest BCUT2D eigenvalue weighted by Crippen LogP contribution is 2.26. The minimum atomic E-state index is -0.187. The SMILES string of the molecule is C=C(C)C[C@@H](C)c1cc(N)ccc1F. The van der Waals surface area contributed by atoms with Gasteiger partial charge < -0.3 is 5.73 Å². The lowest BCUT2D eigenvalue weighted by atomic mass is 9.94. The number of nitrogens with two attached hydrogens (primary N) is 1. The van der Waals surface area contributed by atoms with Crippen LogP contribution in [0.15, 0.2) is 30.4 Å². The summed E-state index contributed by atoms with van der Waals surface area (Å²) in [5.74, 6) is -0.0519. The second-order valence-corrected chi connectivity index (χ2v) is 3.84. The normalized spacial score (nSPS) is 12.5. The lowest BCUT2D eigenvalue weighted by molar-refractivity contribution is 0.587. The first-order chi connectivity index (χ1) is 6.50. The van der Waals surface area contributed by atoms with Crippen molar-refractivity contribution in [1.82, 2.24) is 0 Å². The van der Waals surface area contributed by atoms with Crippen molar-refractivity contribution < 1.29 is 4.39 Å². The second kappa shape index (κ2) is 4.27. The highest BCUT2D eigenvalue weighted by atomic mass is 19.1. The Bertz CT molecular complexity index is 344. The molecule has 1 aromatic rings. The standard InChI is InChI=1S/C12H16FN/c1-8(2)6-9(3)11-7-10(14)4-5-12(11)13/h4-5,7,9H,1,6,14H2,2-3H3/t9-/m1/s1. The van der Waals surface area contributed by atoms with Crippen LogP contribution in [0.4, 0.5) is 10.1 Å². The summed E-state index contributed by atoms with van der Waals surface area (Å²) >= 11 is 0. The van der Waals surface area contributed by atoms with Crippen LogP contribution in [0.3, 0.4) is 0 Å². The fourth-order valence-electron chi connectivity index (χ4n) is 1.57. The molecule has 0 saturated heterocycles. The predicted molar refractivity (Wildman–Crippen MR) is 58.7 cm³/mol. The zero-order chi connectivity index (χ0) is 10.7. The molecular weight excluding hydrogens is 177 g/mol. The van der Waals surface area contributed by atoms with Crippen LogP contribution in [-0.4, -0.2) is 0 Å². The van der Waals surface area contributed by atoms with E-state index in [0.717, 1.165) is 12.0 Å². The molecule has 1 nitrogen and oxygen atoms in total.